The highest BCUT2D eigenvalue weighted by molar-refractivity contribution is 5.94. The first-order valence-corrected chi connectivity index (χ1v) is 13.0. The van der Waals surface area contributed by atoms with Crippen LogP contribution in [0, 0.1) is 0 Å². The number of H-pyrrole nitrogens is 1. The summed E-state index contributed by atoms with van der Waals surface area (Å²) >= 11 is 0. The molecule has 0 radical (unpaired) electrons. The number of anilines is 2. The molecule has 1 fully saturated rings. The van der Waals surface area contributed by atoms with E-state index in [1.807, 2.05) is 0 Å². The zero-order valence-corrected chi connectivity index (χ0v) is 22.5. The van der Waals surface area contributed by atoms with Crippen molar-refractivity contribution in [3.05, 3.63) is 70.9 Å². The maximum atomic E-state index is 13.9. The van der Waals surface area contributed by atoms with Crippen molar-refractivity contribution < 1.29 is 44.6 Å². The standard InChI is InChI=1S/C28H24F9N5O/c1-14-13-41(24-21(28(35,36)37)9-17(12-38-24)15(2)43)7-8-42(14)25-39-22-11-19(27(32,33)34)10-20(23(22)40-25)16-3-5-18(6-4-16)26(29,30)31/h3-6,9-12,14-15,43H,7-8,13H2,1-2H3,(H,39,40)/t14-,15?/m1/s1. The van der Waals surface area contributed by atoms with Gasteiger partial charge in [0.2, 0.25) is 5.95 Å². The Hall–Kier alpha value is -4.01. The van der Waals surface area contributed by atoms with Crippen LogP contribution in [0.2, 0.25) is 0 Å². The van der Waals surface area contributed by atoms with Crippen LogP contribution >= 0.6 is 0 Å². The number of hydrogen-bond donors (Lipinski definition) is 2. The summed E-state index contributed by atoms with van der Waals surface area (Å²) in [5, 5.41) is 9.73. The van der Waals surface area contributed by atoms with E-state index < -0.39 is 47.4 Å². The summed E-state index contributed by atoms with van der Waals surface area (Å²) in [6, 6.07) is 5.72. The van der Waals surface area contributed by atoms with Gasteiger partial charge in [-0.05, 0) is 55.3 Å². The molecular formula is C28H24F9N5O. The summed E-state index contributed by atoms with van der Waals surface area (Å²) in [4.78, 5) is 14.5. The Bertz CT molecular complexity index is 1630. The Morgan fingerprint density at radius 1 is 0.884 bits per heavy atom. The molecule has 5 rings (SSSR count). The van der Waals surface area contributed by atoms with Crippen molar-refractivity contribution in [2.45, 2.75) is 44.5 Å². The van der Waals surface area contributed by atoms with Gasteiger partial charge in [0.15, 0.2) is 0 Å². The van der Waals surface area contributed by atoms with E-state index in [1.54, 1.807) is 11.8 Å². The van der Waals surface area contributed by atoms with Crippen molar-refractivity contribution in [3.63, 3.8) is 0 Å². The number of imidazole rings is 1. The van der Waals surface area contributed by atoms with Crippen LogP contribution in [-0.2, 0) is 18.5 Å². The van der Waals surface area contributed by atoms with Crippen LogP contribution < -0.4 is 9.80 Å². The Kier molecular flexibility index (Phi) is 7.51. The molecule has 0 saturated carbocycles. The molecule has 2 aromatic carbocycles. The fourth-order valence-corrected chi connectivity index (χ4v) is 5.09. The van der Waals surface area contributed by atoms with Crippen LogP contribution in [0.3, 0.4) is 0 Å². The molecule has 2 atom stereocenters. The molecule has 2 aromatic heterocycles. The van der Waals surface area contributed by atoms with E-state index in [-0.39, 0.29) is 59.1 Å². The van der Waals surface area contributed by atoms with Gasteiger partial charge >= 0.3 is 18.5 Å². The lowest BCUT2D eigenvalue weighted by atomic mass is 9.99. The predicted octanol–water partition coefficient (Wildman–Crippen LogP) is 7.45. The van der Waals surface area contributed by atoms with Gasteiger partial charge in [-0.1, -0.05) is 12.1 Å². The van der Waals surface area contributed by atoms with Gasteiger partial charge in [-0.3, -0.25) is 0 Å². The molecule has 0 spiro atoms. The van der Waals surface area contributed by atoms with Gasteiger partial charge in [0.05, 0.1) is 33.8 Å². The number of piperazine rings is 1. The molecule has 0 aliphatic carbocycles. The predicted molar refractivity (Wildman–Crippen MR) is 140 cm³/mol. The summed E-state index contributed by atoms with van der Waals surface area (Å²) in [5.74, 6) is -0.157. The molecule has 1 saturated heterocycles. The third-order valence-electron chi connectivity index (χ3n) is 7.30. The molecule has 1 unspecified atom stereocenters. The lowest BCUT2D eigenvalue weighted by molar-refractivity contribution is -0.138. The van der Waals surface area contributed by atoms with Gasteiger partial charge in [-0.2, -0.15) is 39.5 Å². The molecule has 15 heteroatoms. The van der Waals surface area contributed by atoms with E-state index in [4.69, 9.17) is 0 Å². The van der Waals surface area contributed by atoms with E-state index in [0.717, 1.165) is 42.5 Å². The van der Waals surface area contributed by atoms with Crippen molar-refractivity contribution in [1.82, 2.24) is 15.0 Å². The molecule has 1 aliphatic rings. The highest BCUT2D eigenvalue weighted by atomic mass is 19.4. The number of halogens is 9. The summed E-state index contributed by atoms with van der Waals surface area (Å²) in [6.07, 6.45) is -14.1. The molecule has 6 nitrogen and oxygen atoms in total. The quantitative estimate of drug-likeness (QED) is 0.233. The van der Waals surface area contributed by atoms with Gasteiger partial charge in [0.1, 0.15) is 5.82 Å². The molecule has 43 heavy (non-hydrogen) atoms. The Labute approximate surface area is 238 Å². The van der Waals surface area contributed by atoms with Crippen LogP contribution in [-0.4, -0.2) is 45.7 Å². The van der Waals surface area contributed by atoms with Crippen LogP contribution in [0.5, 0.6) is 0 Å². The normalized spacial score (nSPS) is 17.5. The van der Waals surface area contributed by atoms with Gasteiger partial charge in [-0.15, -0.1) is 0 Å². The lowest BCUT2D eigenvalue weighted by Crippen LogP contribution is -2.53. The number of fused-ring (bicyclic) bond motifs is 1. The molecule has 1 aliphatic heterocycles. The Morgan fingerprint density at radius 2 is 1.53 bits per heavy atom. The second kappa shape index (κ2) is 10.6. The van der Waals surface area contributed by atoms with Crippen LogP contribution in [0.4, 0.5) is 51.3 Å². The number of nitrogens with zero attached hydrogens (tertiary/aromatic N) is 4. The molecule has 3 heterocycles. The van der Waals surface area contributed by atoms with Gasteiger partial charge < -0.3 is 19.9 Å². The summed E-state index contributed by atoms with van der Waals surface area (Å²) in [6.45, 7) is 3.27. The average molecular weight is 618 g/mol. The first kappa shape index (κ1) is 30.4. The van der Waals surface area contributed by atoms with Gasteiger partial charge in [0.25, 0.3) is 0 Å². The number of hydrogen-bond acceptors (Lipinski definition) is 5. The number of pyridine rings is 1. The maximum absolute atomic E-state index is 13.9. The molecule has 2 N–H and O–H groups in total. The first-order valence-electron chi connectivity index (χ1n) is 13.0. The maximum Gasteiger partial charge on any atom is 0.419 e. The third kappa shape index (κ3) is 6.08. The third-order valence-corrected chi connectivity index (χ3v) is 7.30. The summed E-state index contributed by atoms with van der Waals surface area (Å²) in [7, 11) is 0. The zero-order chi connectivity index (χ0) is 31.5. The highest BCUT2D eigenvalue weighted by Crippen LogP contribution is 2.40. The monoisotopic (exact) mass is 617 g/mol. The zero-order valence-electron chi connectivity index (χ0n) is 22.5. The molecule has 0 bridgehead atoms. The van der Waals surface area contributed by atoms with Crippen molar-refractivity contribution in [1.29, 1.82) is 0 Å². The van der Waals surface area contributed by atoms with E-state index in [2.05, 4.69) is 15.0 Å². The molecular weight excluding hydrogens is 593 g/mol. The van der Waals surface area contributed by atoms with Crippen LogP contribution in [0.25, 0.3) is 22.2 Å². The SMILES string of the molecule is CC(O)c1cnc(N2CCN(c3nc4c(-c5ccc(C(F)(F)F)cc5)cc(C(F)(F)F)cc4[nH]3)[C@H](C)C2)c(C(F)(F)F)c1. The summed E-state index contributed by atoms with van der Waals surface area (Å²) in [5.41, 5.74) is -2.86. The van der Waals surface area contributed by atoms with E-state index in [9.17, 15) is 44.6 Å². The first-order chi connectivity index (χ1) is 19.9. The minimum absolute atomic E-state index is 0.00658. The van der Waals surface area contributed by atoms with E-state index >= 15 is 0 Å². The molecule has 0 amide bonds. The van der Waals surface area contributed by atoms with Crippen molar-refractivity contribution in [2.24, 2.45) is 0 Å². The Balaban J connectivity index is 1.49. The number of rotatable bonds is 4. The highest BCUT2D eigenvalue weighted by Gasteiger charge is 2.39. The minimum atomic E-state index is -4.76. The van der Waals surface area contributed by atoms with Crippen LogP contribution in [0.1, 0.15) is 42.2 Å². The van der Waals surface area contributed by atoms with E-state index in [1.165, 1.54) is 18.0 Å². The fourth-order valence-electron chi connectivity index (χ4n) is 5.09. The summed E-state index contributed by atoms with van der Waals surface area (Å²) < 4.78 is 122. The number of benzene rings is 2. The average Bonchev–Trinajstić information content (AvgIpc) is 3.34. The second-order valence-electron chi connectivity index (χ2n) is 10.4. The fraction of sp³-hybridized carbons (Fsp3) is 0.357. The van der Waals surface area contributed by atoms with Crippen LogP contribution in [0.15, 0.2) is 48.7 Å². The number of aliphatic hydroxyl groups excluding tert-OH is 1. The largest absolute Gasteiger partial charge is 0.419 e. The smallest absolute Gasteiger partial charge is 0.389 e. The van der Waals surface area contributed by atoms with Crippen molar-refractivity contribution in [2.75, 3.05) is 29.4 Å². The number of nitrogens with one attached hydrogen (secondary N) is 1. The minimum Gasteiger partial charge on any atom is -0.389 e. The molecule has 4 aromatic rings. The number of aromatic nitrogens is 3. The van der Waals surface area contributed by atoms with Gasteiger partial charge in [-0.25, -0.2) is 9.97 Å². The van der Waals surface area contributed by atoms with Crippen molar-refractivity contribution >= 4 is 22.8 Å². The topological polar surface area (TPSA) is 68.3 Å². The van der Waals surface area contributed by atoms with Crippen molar-refractivity contribution in [3.8, 4) is 11.1 Å². The number of aromatic amines is 1. The Morgan fingerprint density at radius 3 is 2.09 bits per heavy atom. The second-order valence-corrected chi connectivity index (χ2v) is 10.4. The number of aliphatic hydroxyl groups is 1. The molecule has 230 valence electrons. The van der Waals surface area contributed by atoms with E-state index in [0.29, 0.717) is 0 Å². The van der Waals surface area contributed by atoms with Gasteiger partial charge in [0, 0.05) is 37.4 Å². The lowest BCUT2D eigenvalue weighted by Gasteiger charge is -2.41. The number of alkyl halides is 9.